The summed E-state index contributed by atoms with van der Waals surface area (Å²) in [4.78, 5) is 5.47. The topological polar surface area (TPSA) is 21.6 Å². The first-order chi connectivity index (χ1) is 13.6. The summed E-state index contributed by atoms with van der Waals surface area (Å²) in [6, 6.07) is 18.7. The van der Waals surface area contributed by atoms with Crippen LogP contribution < -0.4 is 0 Å². The lowest BCUT2D eigenvalue weighted by Gasteiger charge is -2.10. The highest BCUT2D eigenvalue weighted by molar-refractivity contribution is 6.30. The van der Waals surface area contributed by atoms with Crippen LogP contribution in [0.15, 0.2) is 71.9 Å². The number of rotatable bonds is 6. The lowest BCUT2D eigenvalue weighted by atomic mass is 10.0. The molecule has 3 aromatic carbocycles. The van der Waals surface area contributed by atoms with Gasteiger partial charge in [0.2, 0.25) is 0 Å². The summed E-state index contributed by atoms with van der Waals surface area (Å²) < 4.78 is 29.1. The van der Waals surface area contributed by atoms with Crippen molar-refractivity contribution in [2.24, 2.45) is 11.1 Å². The van der Waals surface area contributed by atoms with Crippen molar-refractivity contribution >= 4 is 17.3 Å². The molecule has 2 nitrogen and oxygen atoms in total. The molecule has 0 amide bonds. The summed E-state index contributed by atoms with van der Waals surface area (Å²) in [5.74, 6) is -0.879. The molecule has 0 saturated heterocycles. The van der Waals surface area contributed by atoms with Gasteiger partial charge in [-0.2, -0.15) is 0 Å². The molecule has 0 spiro atoms. The van der Waals surface area contributed by atoms with Crippen molar-refractivity contribution in [3.63, 3.8) is 0 Å². The molecule has 4 rings (SSSR count). The Labute approximate surface area is 167 Å². The number of halogens is 3. The van der Waals surface area contributed by atoms with Gasteiger partial charge < -0.3 is 4.84 Å². The Bertz CT molecular complexity index is 999. The van der Waals surface area contributed by atoms with E-state index in [0.29, 0.717) is 16.5 Å². The second-order valence-corrected chi connectivity index (χ2v) is 7.23. The standard InChI is InChI=1S/C23H18ClF2NO/c24-19-11-8-17(9-12-19)23(16-6-7-16)27-28-14-18-10-13-20(25)21(22(18)26)15-4-2-1-3-5-15/h1-5,8-13,16H,6-7,14H2/b27-23-. The molecule has 1 aliphatic carbocycles. The third-order valence-electron chi connectivity index (χ3n) is 4.72. The van der Waals surface area contributed by atoms with Gasteiger partial charge in [-0.15, -0.1) is 0 Å². The maximum Gasteiger partial charge on any atom is 0.145 e. The van der Waals surface area contributed by atoms with E-state index in [1.165, 1.54) is 12.1 Å². The van der Waals surface area contributed by atoms with Crippen molar-refractivity contribution in [1.29, 1.82) is 0 Å². The van der Waals surface area contributed by atoms with Crippen LogP contribution in [0.4, 0.5) is 8.78 Å². The first-order valence-corrected chi connectivity index (χ1v) is 9.49. The van der Waals surface area contributed by atoms with Crippen molar-refractivity contribution in [2.75, 3.05) is 0 Å². The quantitative estimate of drug-likeness (QED) is 0.338. The van der Waals surface area contributed by atoms with Crippen LogP contribution in [0, 0.1) is 17.6 Å². The van der Waals surface area contributed by atoms with Gasteiger partial charge in [-0.25, -0.2) is 8.78 Å². The predicted molar refractivity (Wildman–Crippen MR) is 107 cm³/mol. The van der Waals surface area contributed by atoms with Gasteiger partial charge in [0.05, 0.1) is 11.3 Å². The van der Waals surface area contributed by atoms with Crippen molar-refractivity contribution < 1.29 is 13.6 Å². The second-order valence-electron chi connectivity index (χ2n) is 6.79. The van der Waals surface area contributed by atoms with Crippen LogP contribution in [0.2, 0.25) is 5.02 Å². The molecule has 0 aliphatic heterocycles. The molecule has 1 saturated carbocycles. The van der Waals surface area contributed by atoms with Gasteiger partial charge in [0.25, 0.3) is 0 Å². The summed E-state index contributed by atoms with van der Waals surface area (Å²) in [5.41, 5.74) is 2.47. The van der Waals surface area contributed by atoms with Crippen LogP contribution >= 0.6 is 11.6 Å². The highest BCUT2D eigenvalue weighted by atomic mass is 35.5. The highest BCUT2D eigenvalue weighted by Crippen LogP contribution is 2.34. The van der Waals surface area contributed by atoms with Crippen LogP contribution in [0.3, 0.4) is 0 Å². The Balaban J connectivity index is 1.56. The minimum Gasteiger partial charge on any atom is -0.391 e. The predicted octanol–water partition coefficient (Wildman–Crippen LogP) is 6.62. The van der Waals surface area contributed by atoms with E-state index < -0.39 is 11.6 Å². The maximum atomic E-state index is 14.9. The van der Waals surface area contributed by atoms with Crippen LogP contribution in [0.1, 0.15) is 24.0 Å². The van der Waals surface area contributed by atoms with Crippen molar-refractivity contribution in [1.82, 2.24) is 0 Å². The van der Waals surface area contributed by atoms with Crippen molar-refractivity contribution in [3.8, 4) is 11.1 Å². The van der Waals surface area contributed by atoms with E-state index in [1.54, 1.807) is 42.5 Å². The molecule has 3 aromatic rings. The van der Waals surface area contributed by atoms with Crippen molar-refractivity contribution in [3.05, 3.63) is 94.5 Å². The summed E-state index contributed by atoms with van der Waals surface area (Å²) in [5, 5.41) is 4.91. The van der Waals surface area contributed by atoms with Gasteiger partial charge in [-0.3, -0.25) is 0 Å². The van der Waals surface area contributed by atoms with E-state index in [9.17, 15) is 8.78 Å². The van der Waals surface area contributed by atoms with Crippen LogP contribution in [-0.2, 0) is 11.4 Å². The number of oxime groups is 1. The van der Waals surface area contributed by atoms with Crippen molar-refractivity contribution in [2.45, 2.75) is 19.4 Å². The van der Waals surface area contributed by atoms with Gasteiger partial charge in [-0.1, -0.05) is 59.2 Å². The minimum absolute atomic E-state index is 0.0502. The SMILES string of the molecule is Fc1ccc(CO/N=C(\c2ccc(Cl)cc2)C2CC2)c(F)c1-c1ccccc1. The smallest absolute Gasteiger partial charge is 0.145 e. The van der Waals surface area contributed by atoms with Gasteiger partial charge >= 0.3 is 0 Å². The van der Waals surface area contributed by atoms with Gasteiger partial charge in [-0.05, 0) is 48.2 Å². The zero-order valence-corrected chi connectivity index (χ0v) is 15.8. The monoisotopic (exact) mass is 397 g/mol. The molecule has 0 heterocycles. The van der Waals surface area contributed by atoms with Crippen LogP contribution in [0.5, 0.6) is 0 Å². The third-order valence-corrected chi connectivity index (χ3v) is 4.97. The van der Waals surface area contributed by atoms with E-state index >= 15 is 0 Å². The molecule has 0 aromatic heterocycles. The van der Waals surface area contributed by atoms with E-state index in [2.05, 4.69) is 5.16 Å². The fourth-order valence-corrected chi connectivity index (χ4v) is 3.21. The normalized spacial score (nSPS) is 14.2. The Morgan fingerprint density at radius 2 is 1.68 bits per heavy atom. The molecule has 28 heavy (non-hydrogen) atoms. The van der Waals surface area contributed by atoms with E-state index in [1.807, 2.05) is 12.1 Å². The van der Waals surface area contributed by atoms with Crippen LogP contribution in [-0.4, -0.2) is 5.71 Å². The lowest BCUT2D eigenvalue weighted by molar-refractivity contribution is 0.127. The largest absolute Gasteiger partial charge is 0.391 e. The lowest BCUT2D eigenvalue weighted by Crippen LogP contribution is -2.05. The second kappa shape index (κ2) is 8.11. The molecule has 1 aliphatic rings. The maximum absolute atomic E-state index is 14.9. The Morgan fingerprint density at radius 1 is 0.964 bits per heavy atom. The molecule has 1 fully saturated rings. The van der Waals surface area contributed by atoms with Gasteiger partial charge in [0.1, 0.15) is 18.2 Å². The molecule has 0 unspecified atom stereocenters. The first-order valence-electron chi connectivity index (χ1n) is 9.11. The average molecular weight is 398 g/mol. The van der Waals surface area contributed by atoms with E-state index in [0.717, 1.165) is 24.1 Å². The summed E-state index contributed by atoms with van der Waals surface area (Å²) >= 11 is 5.95. The van der Waals surface area contributed by atoms with E-state index in [4.69, 9.17) is 16.4 Å². The molecule has 142 valence electrons. The molecule has 0 N–H and O–H groups in total. The zero-order chi connectivity index (χ0) is 19.5. The molecular weight excluding hydrogens is 380 g/mol. The van der Waals surface area contributed by atoms with Crippen LogP contribution in [0.25, 0.3) is 11.1 Å². The fraction of sp³-hybridized carbons (Fsp3) is 0.174. The molecule has 0 bridgehead atoms. The van der Waals surface area contributed by atoms with Gasteiger partial charge in [0.15, 0.2) is 0 Å². The number of nitrogens with zero attached hydrogens (tertiary/aromatic N) is 1. The highest BCUT2D eigenvalue weighted by Gasteiger charge is 2.29. The number of hydrogen-bond acceptors (Lipinski definition) is 2. The summed E-state index contributed by atoms with van der Waals surface area (Å²) in [7, 11) is 0. The Morgan fingerprint density at radius 3 is 2.36 bits per heavy atom. The van der Waals surface area contributed by atoms with E-state index in [-0.39, 0.29) is 17.7 Å². The average Bonchev–Trinajstić information content (AvgIpc) is 3.54. The molecule has 0 radical (unpaired) electrons. The summed E-state index contributed by atoms with van der Waals surface area (Å²) in [6.45, 7) is -0.0737. The number of benzene rings is 3. The summed E-state index contributed by atoms with van der Waals surface area (Å²) in [6.07, 6.45) is 2.10. The first kappa shape index (κ1) is 18.6. The molecule has 5 heteroatoms. The third kappa shape index (κ3) is 4.07. The Hall–Kier alpha value is -2.72. The molecular formula is C23H18ClF2NO. The fourth-order valence-electron chi connectivity index (χ4n) is 3.09. The zero-order valence-electron chi connectivity index (χ0n) is 15.0. The Kier molecular flexibility index (Phi) is 5.40. The van der Waals surface area contributed by atoms with Gasteiger partial charge in [0, 0.05) is 16.5 Å². The number of hydrogen-bond donors (Lipinski definition) is 0. The molecule has 0 atom stereocenters. The minimum atomic E-state index is -0.624.